The van der Waals surface area contributed by atoms with Gasteiger partial charge in [0.05, 0.1) is 5.41 Å². The first kappa shape index (κ1) is 11.1. The predicted octanol–water partition coefficient (Wildman–Crippen LogP) is 3.45. The molecule has 1 aromatic rings. The van der Waals surface area contributed by atoms with Gasteiger partial charge in [-0.25, -0.2) is 0 Å². The zero-order chi connectivity index (χ0) is 11.9. The third kappa shape index (κ3) is 1.86. The number of carboxylic acids is 1. The summed E-state index contributed by atoms with van der Waals surface area (Å²) in [5.41, 5.74) is 0.467. The molecule has 2 saturated carbocycles. The van der Waals surface area contributed by atoms with Crippen LogP contribution in [0.25, 0.3) is 0 Å². The summed E-state index contributed by atoms with van der Waals surface area (Å²) in [4.78, 5) is 12.7. The minimum absolute atomic E-state index is 0.585. The second-order valence-corrected chi connectivity index (χ2v) is 6.40. The van der Waals surface area contributed by atoms with E-state index in [0.29, 0.717) is 0 Å². The molecule has 0 aliphatic heterocycles. The Balaban J connectivity index is 1.97. The van der Waals surface area contributed by atoms with Crippen LogP contribution < -0.4 is 0 Å². The summed E-state index contributed by atoms with van der Waals surface area (Å²) in [6.07, 6.45) is 5.18. The van der Waals surface area contributed by atoms with Gasteiger partial charge in [0.15, 0.2) is 0 Å². The fraction of sp³-hybridized carbons (Fsp3) is 0.500. The second-order valence-electron chi connectivity index (χ2n) is 5.05. The molecule has 0 bridgehead atoms. The largest absolute Gasteiger partial charge is 0.481 e. The van der Waals surface area contributed by atoms with Crippen molar-refractivity contribution < 1.29 is 9.90 Å². The lowest BCUT2D eigenvalue weighted by atomic mass is 9.64. The van der Waals surface area contributed by atoms with Crippen LogP contribution in [0.2, 0.25) is 0 Å². The summed E-state index contributed by atoms with van der Waals surface area (Å²) in [5, 5.41) is 10.2. The van der Waals surface area contributed by atoms with E-state index in [9.17, 15) is 9.90 Å². The fourth-order valence-electron chi connectivity index (χ4n) is 2.46. The lowest BCUT2D eigenvalue weighted by molar-refractivity contribution is -0.147. The molecular weight excluding hydrogens is 232 g/mol. The number of carboxylic acid groups (broad SMARTS) is 1. The van der Waals surface area contributed by atoms with Crippen LogP contribution in [0.4, 0.5) is 0 Å². The monoisotopic (exact) mass is 248 g/mol. The van der Waals surface area contributed by atoms with Crippen LogP contribution in [0.15, 0.2) is 29.2 Å². The molecule has 2 aliphatic rings. The van der Waals surface area contributed by atoms with E-state index in [1.807, 2.05) is 30.0 Å². The summed E-state index contributed by atoms with van der Waals surface area (Å²) in [5.74, 6) is -0.646. The van der Waals surface area contributed by atoms with Crippen molar-refractivity contribution in [2.24, 2.45) is 0 Å². The Morgan fingerprint density at radius 1 is 1.29 bits per heavy atom. The van der Waals surface area contributed by atoms with Crippen molar-refractivity contribution in [3.63, 3.8) is 0 Å². The van der Waals surface area contributed by atoms with E-state index in [-0.39, 0.29) is 0 Å². The molecular formula is C14H16O2S. The number of hydrogen-bond donors (Lipinski definition) is 1. The first-order valence-corrected chi connectivity index (χ1v) is 7.10. The van der Waals surface area contributed by atoms with Gasteiger partial charge in [-0.1, -0.05) is 24.6 Å². The van der Waals surface area contributed by atoms with Gasteiger partial charge < -0.3 is 5.11 Å². The van der Waals surface area contributed by atoms with Crippen molar-refractivity contribution >= 4 is 17.7 Å². The molecule has 90 valence electrons. The van der Waals surface area contributed by atoms with Crippen LogP contribution in [-0.2, 0) is 10.2 Å². The van der Waals surface area contributed by atoms with Gasteiger partial charge in [-0.2, -0.15) is 0 Å². The molecule has 0 aromatic heterocycles. The fourth-order valence-corrected chi connectivity index (χ4v) is 3.74. The highest BCUT2D eigenvalue weighted by molar-refractivity contribution is 8.00. The molecule has 0 heterocycles. The molecule has 2 fully saturated rings. The van der Waals surface area contributed by atoms with Crippen molar-refractivity contribution in [2.75, 3.05) is 0 Å². The number of thioether (sulfide) groups is 1. The van der Waals surface area contributed by atoms with Crippen LogP contribution in [0.1, 0.15) is 37.7 Å². The van der Waals surface area contributed by atoms with E-state index < -0.39 is 11.4 Å². The molecule has 0 radical (unpaired) electrons. The number of carbonyl (C=O) groups is 1. The third-order valence-corrected chi connectivity index (χ3v) is 5.25. The van der Waals surface area contributed by atoms with Gasteiger partial charge in [0.1, 0.15) is 0 Å². The summed E-state index contributed by atoms with van der Waals surface area (Å²) in [6.45, 7) is 0. The molecule has 1 N–H and O–H groups in total. The quantitative estimate of drug-likeness (QED) is 0.886. The summed E-state index contributed by atoms with van der Waals surface area (Å²) in [6, 6.07) is 8.08. The Hall–Kier alpha value is -0.960. The highest BCUT2D eigenvalue weighted by atomic mass is 32.2. The molecule has 3 heteroatoms. The number of benzene rings is 1. The van der Waals surface area contributed by atoms with Crippen molar-refractivity contribution in [2.45, 2.75) is 47.7 Å². The minimum Gasteiger partial charge on any atom is -0.481 e. The molecule has 0 amide bonds. The summed E-state index contributed by atoms with van der Waals surface area (Å²) >= 11 is 1.87. The van der Waals surface area contributed by atoms with Crippen molar-refractivity contribution in [1.82, 2.24) is 0 Å². The van der Waals surface area contributed by atoms with Crippen LogP contribution in [0.3, 0.4) is 0 Å². The smallest absolute Gasteiger partial charge is 0.314 e. The topological polar surface area (TPSA) is 37.3 Å². The molecule has 2 aliphatic carbocycles. The van der Waals surface area contributed by atoms with Gasteiger partial charge in [0.25, 0.3) is 0 Å². The third-order valence-electron chi connectivity index (χ3n) is 3.84. The minimum atomic E-state index is -0.646. The number of rotatable bonds is 4. The van der Waals surface area contributed by atoms with Crippen molar-refractivity contribution in [3.8, 4) is 0 Å². The molecule has 1 aromatic carbocycles. The number of hydrogen-bond acceptors (Lipinski definition) is 2. The van der Waals surface area contributed by atoms with Crippen molar-refractivity contribution in [1.29, 1.82) is 0 Å². The van der Waals surface area contributed by atoms with Crippen molar-refractivity contribution in [3.05, 3.63) is 29.8 Å². The Labute approximate surface area is 105 Å². The SMILES string of the molecule is O=C(O)C1(c2ccccc2SC2CC2)CCC1. The van der Waals surface area contributed by atoms with Gasteiger partial charge in [-0.15, -0.1) is 11.8 Å². The lowest BCUT2D eigenvalue weighted by Gasteiger charge is -2.39. The maximum Gasteiger partial charge on any atom is 0.314 e. The van der Waals surface area contributed by atoms with Gasteiger partial charge in [-0.05, 0) is 37.3 Å². The Morgan fingerprint density at radius 3 is 2.53 bits per heavy atom. The van der Waals surface area contributed by atoms with Crippen LogP contribution in [-0.4, -0.2) is 16.3 Å². The molecule has 0 saturated heterocycles. The van der Waals surface area contributed by atoms with E-state index in [4.69, 9.17) is 0 Å². The average molecular weight is 248 g/mol. The molecule has 2 nitrogen and oxygen atoms in total. The Bertz CT molecular complexity index is 447. The molecule has 0 unspecified atom stereocenters. The van der Waals surface area contributed by atoms with E-state index in [1.54, 1.807) is 0 Å². The Morgan fingerprint density at radius 2 is 2.00 bits per heavy atom. The molecule has 3 rings (SSSR count). The van der Waals surface area contributed by atoms with Crippen LogP contribution in [0, 0.1) is 0 Å². The van der Waals surface area contributed by atoms with Gasteiger partial charge in [0, 0.05) is 10.1 Å². The maximum atomic E-state index is 11.5. The predicted molar refractivity (Wildman–Crippen MR) is 68.5 cm³/mol. The zero-order valence-corrected chi connectivity index (χ0v) is 10.5. The maximum absolute atomic E-state index is 11.5. The molecule has 0 atom stereocenters. The molecule has 0 spiro atoms. The molecule has 17 heavy (non-hydrogen) atoms. The zero-order valence-electron chi connectivity index (χ0n) is 9.69. The number of aliphatic carboxylic acids is 1. The van der Waals surface area contributed by atoms with Gasteiger partial charge in [-0.3, -0.25) is 4.79 Å². The van der Waals surface area contributed by atoms with E-state index in [0.717, 1.165) is 30.1 Å². The summed E-state index contributed by atoms with van der Waals surface area (Å²) < 4.78 is 0. The van der Waals surface area contributed by atoms with Crippen LogP contribution in [0.5, 0.6) is 0 Å². The highest BCUT2D eigenvalue weighted by Gasteiger charge is 2.47. The second kappa shape index (κ2) is 4.05. The van der Waals surface area contributed by atoms with E-state index in [1.165, 1.54) is 17.7 Å². The van der Waals surface area contributed by atoms with Gasteiger partial charge >= 0.3 is 5.97 Å². The highest BCUT2D eigenvalue weighted by Crippen LogP contribution is 2.49. The first-order valence-electron chi connectivity index (χ1n) is 6.22. The first-order chi connectivity index (χ1) is 8.22. The van der Waals surface area contributed by atoms with E-state index in [2.05, 4.69) is 6.07 Å². The van der Waals surface area contributed by atoms with Gasteiger partial charge in [0.2, 0.25) is 0 Å². The Kier molecular flexibility index (Phi) is 2.66. The van der Waals surface area contributed by atoms with E-state index >= 15 is 0 Å². The standard InChI is InChI=1S/C14H16O2S/c15-13(16)14(8-3-9-14)11-4-1-2-5-12(11)17-10-6-7-10/h1-2,4-5,10H,3,6-9H2,(H,15,16). The average Bonchev–Trinajstić information content (AvgIpc) is 3.02. The summed E-state index contributed by atoms with van der Waals surface area (Å²) in [7, 11) is 0. The van der Waals surface area contributed by atoms with Crippen LogP contribution >= 0.6 is 11.8 Å². The normalized spacial score (nSPS) is 21.9. The lowest BCUT2D eigenvalue weighted by Crippen LogP contribution is -2.42.